The molecular weight excluding hydrogens is 390 g/mol. The third-order valence-electron chi connectivity index (χ3n) is 6.52. The van der Waals surface area contributed by atoms with E-state index in [-0.39, 0.29) is 11.8 Å². The molecule has 166 valence electrons. The number of carbonyl (C=O) groups is 1. The van der Waals surface area contributed by atoms with Gasteiger partial charge in [0.25, 0.3) is 0 Å². The number of nitrogens with zero attached hydrogens (tertiary/aromatic N) is 4. The molecule has 2 aliphatic heterocycles. The Hall–Kier alpha value is -2.67. The van der Waals surface area contributed by atoms with E-state index in [1.54, 1.807) is 19.4 Å². The lowest BCUT2D eigenvalue weighted by Gasteiger charge is -2.33. The number of likely N-dealkylation sites (tertiary alicyclic amines) is 1. The van der Waals surface area contributed by atoms with E-state index in [1.165, 1.54) is 31.4 Å². The van der Waals surface area contributed by atoms with Gasteiger partial charge in [0.05, 0.1) is 7.11 Å². The Bertz CT molecular complexity index is 865. The third kappa shape index (κ3) is 5.53. The first-order valence-electron chi connectivity index (χ1n) is 11.4. The number of ether oxygens (including phenoxy) is 1. The average Bonchev–Trinajstić information content (AvgIpc) is 2.82. The largest absolute Gasteiger partial charge is 0.481 e. The van der Waals surface area contributed by atoms with Gasteiger partial charge in [-0.1, -0.05) is 18.6 Å². The van der Waals surface area contributed by atoms with E-state index >= 15 is 0 Å². The Morgan fingerprint density at radius 2 is 1.87 bits per heavy atom. The molecule has 31 heavy (non-hydrogen) atoms. The number of nitrogens with one attached hydrogen (secondary N) is 1. The number of hydrogen-bond donors (Lipinski definition) is 1. The fraction of sp³-hybridized carbons (Fsp3) is 0.542. The molecule has 0 aliphatic carbocycles. The molecule has 0 bridgehead atoms. The number of aromatic nitrogens is 2. The predicted molar refractivity (Wildman–Crippen MR) is 122 cm³/mol. The van der Waals surface area contributed by atoms with E-state index < -0.39 is 0 Å². The zero-order valence-corrected chi connectivity index (χ0v) is 18.6. The molecule has 2 aliphatic rings. The summed E-state index contributed by atoms with van der Waals surface area (Å²) < 4.78 is 5.18. The number of carbonyl (C=O) groups excluding carboxylic acids is 1. The van der Waals surface area contributed by atoms with E-state index in [2.05, 4.69) is 44.1 Å². The maximum absolute atomic E-state index is 12.8. The van der Waals surface area contributed by atoms with Gasteiger partial charge < -0.3 is 15.0 Å². The van der Waals surface area contributed by atoms with Gasteiger partial charge >= 0.3 is 0 Å². The molecular formula is C24H33N5O2. The van der Waals surface area contributed by atoms with Crippen LogP contribution in [0.25, 0.3) is 0 Å². The minimum absolute atomic E-state index is 0.00994. The summed E-state index contributed by atoms with van der Waals surface area (Å²) in [5.41, 5.74) is 2.18. The molecule has 7 heteroatoms. The Morgan fingerprint density at radius 3 is 2.58 bits per heavy atom. The van der Waals surface area contributed by atoms with Crippen molar-refractivity contribution in [2.45, 2.75) is 51.6 Å². The number of hydrogen-bond acceptors (Lipinski definition) is 6. The Balaban J connectivity index is 1.27. The zero-order chi connectivity index (χ0) is 21.6. The second-order valence-electron chi connectivity index (χ2n) is 8.66. The smallest absolute Gasteiger partial charge is 0.228 e. The van der Waals surface area contributed by atoms with E-state index in [0.29, 0.717) is 17.9 Å². The summed E-state index contributed by atoms with van der Waals surface area (Å²) in [6, 6.07) is 10.7. The van der Waals surface area contributed by atoms with Crippen molar-refractivity contribution in [3.05, 3.63) is 42.1 Å². The zero-order valence-electron chi connectivity index (χ0n) is 18.6. The molecule has 0 spiro atoms. The summed E-state index contributed by atoms with van der Waals surface area (Å²) >= 11 is 0. The van der Waals surface area contributed by atoms with Gasteiger partial charge in [-0.15, -0.1) is 0 Å². The number of amides is 1. The molecule has 0 radical (unpaired) electrons. The molecule has 4 rings (SSSR count). The molecule has 2 aromatic rings. The third-order valence-corrected chi connectivity index (χ3v) is 6.52. The maximum Gasteiger partial charge on any atom is 0.228 e. The molecule has 0 saturated carbocycles. The van der Waals surface area contributed by atoms with Crippen molar-refractivity contribution in [3.8, 4) is 5.88 Å². The summed E-state index contributed by atoms with van der Waals surface area (Å²) in [7, 11) is 1.60. The van der Waals surface area contributed by atoms with Crippen molar-refractivity contribution in [2.75, 3.05) is 37.0 Å². The van der Waals surface area contributed by atoms with Gasteiger partial charge in [0, 0.05) is 49.5 Å². The molecule has 2 saturated heterocycles. The lowest BCUT2D eigenvalue weighted by molar-refractivity contribution is -0.120. The minimum atomic E-state index is 0.00994. The van der Waals surface area contributed by atoms with Crippen LogP contribution in [0.2, 0.25) is 0 Å². The molecule has 7 nitrogen and oxygen atoms in total. The van der Waals surface area contributed by atoms with E-state index in [0.717, 1.165) is 38.2 Å². The highest BCUT2D eigenvalue weighted by Crippen LogP contribution is 2.24. The van der Waals surface area contributed by atoms with Gasteiger partial charge in [-0.05, 0) is 56.8 Å². The van der Waals surface area contributed by atoms with Crippen molar-refractivity contribution in [1.82, 2.24) is 14.9 Å². The number of benzene rings is 1. The normalized spacial score (nSPS) is 20.5. The average molecular weight is 424 g/mol. The van der Waals surface area contributed by atoms with Crippen molar-refractivity contribution in [3.63, 3.8) is 0 Å². The van der Waals surface area contributed by atoms with E-state index in [1.807, 2.05) is 12.1 Å². The highest BCUT2D eigenvalue weighted by atomic mass is 16.5. The molecule has 1 N–H and O–H groups in total. The van der Waals surface area contributed by atoms with Crippen LogP contribution in [0.4, 0.5) is 11.6 Å². The van der Waals surface area contributed by atoms with Crippen LogP contribution in [-0.2, 0) is 11.3 Å². The Kier molecular flexibility index (Phi) is 7.02. The van der Waals surface area contributed by atoms with Crippen LogP contribution in [0.15, 0.2) is 36.5 Å². The van der Waals surface area contributed by atoms with E-state index in [4.69, 9.17) is 4.74 Å². The van der Waals surface area contributed by atoms with Crippen LogP contribution >= 0.6 is 0 Å². The summed E-state index contributed by atoms with van der Waals surface area (Å²) in [6.45, 7) is 6.01. The first kappa shape index (κ1) is 21.6. The number of methoxy groups -OCH3 is 1. The van der Waals surface area contributed by atoms with Crippen LogP contribution < -0.4 is 15.0 Å². The molecule has 1 aromatic carbocycles. The minimum Gasteiger partial charge on any atom is -0.481 e. The van der Waals surface area contributed by atoms with Crippen molar-refractivity contribution in [2.24, 2.45) is 5.92 Å². The van der Waals surface area contributed by atoms with Crippen molar-refractivity contribution >= 4 is 17.5 Å². The summed E-state index contributed by atoms with van der Waals surface area (Å²) in [6.07, 6.45) is 7.20. The van der Waals surface area contributed by atoms with Gasteiger partial charge in [-0.2, -0.15) is 4.98 Å². The number of rotatable bonds is 6. The standard InChI is InChI=1S/C24H33N5O2/c1-18-5-3-4-14-29(18)17-19-6-8-21(9-7-19)26-23(30)20-11-15-28(16-12-20)24-25-13-10-22(27-24)31-2/h6-10,13,18,20H,3-5,11-12,14-17H2,1-2H3,(H,26,30). The van der Waals surface area contributed by atoms with Crippen LogP contribution in [-0.4, -0.2) is 53.6 Å². The number of anilines is 2. The molecule has 1 unspecified atom stereocenters. The van der Waals surface area contributed by atoms with Crippen LogP contribution in [0.3, 0.4) is 0 Å². The van der Waals surface area contributed by atoms with Gasteiger partial charge in [0.1, 0.15) is 0 Å². The summed E-state index contributed by atoms with van der Waals surface area (Å²) in [5, 5.41) is 3.10. The second-order valence-corrected chi connectivity index (χ2v) is 8.66. The van der Waals surface area contributed by atoms with Gasteiger partial charge in [-0.25, -0.2) is 4.98 Å². The Morgan fingerprint density at radius 1 is 1.10 bits per heavy atom. The topological polar surface area (TPSA) is 70.6 Å². The van der Waals surface area contributed by atoms with Crippen molar-refractivity contribution in [1.29, 1.82) is 0 Å². The Labute approximate surface area is 184 Å². The maximum atomic E-state index is 12.8. The van der Waals surface area contributed by atoms with Gasteiger partial charge in [0.2, 0.25) is 17.7 Å². The molecule has 3 heterocycles. The first-order valence-corrected chi connectivity index (χ1v) is 11.4. The van der Waals surface area contributed by atoms with Crippen molar-refractivity contribution < 1.29 is 9.53 Å². The highest BCUT2D eigenvalue weighted by molar-refractivity contribution is 5.92. The number of piperidine rings is 2. The monoisotopic (exact) mass is 423 g/mol. The first-order chi connectivity index (χ1) is 15.1. The lowest BCUT2D eigenvalue weighted by Crippen LogP contribution is -2.39. The van der Waals surface area contributed by atoms with Gasteiger partial charge in [0.15, 0.2) is 0 Å². The molecule has 1 aromatic heterocycles. The quantitative estimate of drug-likeness (QED) is 0.764. The predicted octanol–water partition coefficient (Wildman–Crippen LogP) is 3.71. The van der Waals surface area contributed by atoms with Gasteiger partial charge in [-0.3, -0.25) is 9.69 Å². The highest BCUT2D eigenvalue weighted by Gasteiger charge is 2.26. The SMILES string of the molecule is COc1ccnc(N2CCC(C(=O)Nc3ccc(CN4CCCCC4C)cc3)CC2)n1. The van der Waals surface area contributed by atoms with Crippen LogP contribution in [0.1, 0.15) is 44.6 Å². The summed E-state index contributed by atoms with van der Waals surface area (Å²) in [5.74, 6) is 1.33. The van der Waals surface area contributed by atoms with Crippen LogP contribution in [0, 0.1) is 5.92 Å². The van der Waals surface area contributed by atoms with Crippen LogP contribution in [0.5, 0.6) is 5.88 Å². The lowest BCUT2D eigenvalue weighted by atomic mass is 9.96. The molecule has 2 fully saturated rings. The fourth-order valence-electron chi connectivity index (χ4n) is 4.50. The second kappa shape index (κ2) is 10.1. The molecule has 1 atom stereocenters. The molecule has 1 amide bonds. The summed E-state index contributed by atoms with van der Waals surface area (Å²) in [4.78, 5) is 26.2. The van der Waals surface area contributed by atoms with E-state index in [9.17, 15) is 4.79 Å². The fourth-order valence-corrected chi connectivity index (χ4v) is 4.50.